The minimum Gasteiger partial charge on any atom is -0.497 e. The van der Waals surface area contributed by atoms with E-state index in [1.54, 1.807) is 13.4 Å². The lowest BCUT2D eigenvalue weighted by Crippen LogP contribution is -2.23. The number of aryl methyl sites for hydroxylation is 2. The molecule has 2 rings (SSSR count). The number of furan rings is 1. The molecule has 0 aliphatic heterocycles. The second-order valence-electron chi connectivity index (χ2n) is 5.33. The molecule has 0 saturated carbocycles. The van der Waals surface area contributed by atoms with Crippen molar-refractivity contribution in [1.29, 1.82) is 0 Å². The number of hydrogen-bond acceptors (Lipinski definition) is 3. The second-order valence-corrected chi connectivity index (χ2v) is 5.33. The summed E-state index contributed by atoms with van der Waals surface area (Å²) in [5, 5.41) is 3.62. The lowest BCUT2D eigenvalue weighted by molar-refractivity contribution is 0.414. The van der Waals surface area contributed by atoms with E-state index in [1.165, 1.54) is 11.1 Å². The molecule has 3 heteroatoms. The number of benzene rings is 1. The Kier molecular flexibility index (Phi) is 5.88. The quantitative estimate of drug-likeness (QED) is 0.787. The van der Waals surface area contributed by atoms with Crippen molar-refractivity contribution < 1.29 is 9.15 Å². The Morgan fingerprint density at radius 3 is 2.52 bits per heavy atom. The molecular weight excluding hydrogens is 262 g/mol. The molecule has 0 saturated heterocycles. The van der Waals surface area contributed by atoms with Gasteiger partial charge in [0.05, 0.1) is 13.4 Å². The Bertz CT molecular complexity index is 530. The summed E-state index contributed by atoms with van der Waals surface area (Å²) >= 11 is 0. The van der Waals surface area contributed by atoms with Crippen molar-refractivity contribution in [2.75, 3.05) is 13.7 Å². The van der Waals surface area contributed by atoms with Gasteiger partial charge in [0, 0.05) is 11.6 Å². The van der Waals surface area contributed by atoms with Gasteiger partial charge in [-0.3, -0.25) is 0 Å². The van der Waals surface area contributed by atoms with Crippen molar-refractivity contribution in [1.82, 2.24) is 5.32 Å². The molecule has 1 heterocycles. The molecule has 1 unspecified atom stereocenters. The molecule has 0 aliphatic carbocycles. The van der Waals surface area contributed by atoms with Crippen LogP contribution >= 0.6 is 0 Å². The minimum atomic E-state index is 0.353. The summed E-state index contributed by atoms with van der Waals surface area (Å²) in [4.78, 5) is 0. The van der Waals surface area contributed by atoms with Crippen molar-refractivity contribution in [3.05, 3.63) is 53.5 Å². The Morgan fingerprint density at radius 1 is 1.19 bits per heavy atom. The Labute approximate surface area is 127 Å². The van der Waals surface area contributed by atoms with Crippen molar-refractivity contribution in [2.45, 2.75) is 39.2 Å². The molecular formula is C18H25NO2. The topological polar surface area (TPSA) is 34.4 Å². The molecule has 114 valence electrons. The number of methoxy groups -OCH3 is 1. The SMILES string of the molecule is CCCNC(CCc1ccc(OC)cc1)c1ccoc1C. The Balaban J connectivity index is 1.99. The third-order valence-corrected chi connectivity index (χ3v) is 3.80. The molecule has 0 spiro atoms. The first-order valence-corrected chi connectivity index (χ1v) is 7.65. The van der Waals surface area contributed by atoms with Gasteiger partial charge in [-0.2, -0.15) is 0 Å². The van der Waals surface area contributed by atoms with Gasteiger partial charge >= 0.3 is 0 Å². The summed E-state index contributed by atoms with van der Waals surface area (Å²) in [5.74, 6) is 1.92. The third-order valence-electron chi connectivity index (χ3n) is 3.80. The van der Waals surface area contributed by atoms with Gasteiger partial charge in [0.1, 0.15) is 11.5 Å². The maximum Gasteiger partial charge on any atom is 0.118 e. The van der Waals surface area contributed by atoms with Crippen LogP contribution in [0, 0.1) is 6.92 Å². The highest BCUT2D eigenvalue weighted by Crippen LogP contribution is 2.24. The van der Waals surface area contributed by atoms with Crippen LogP contribution in [0.15, 0.2) is 41.0 Å². The van der Waals surface area contributed by atoms with Crippen molar-refractivity contribution in [3.63, 3.8) is 0 Å². The van der Waals surface area contributed by atoms with Crippen LogP contribution in [-0.2, 0) is 6.42 Å². The number of ether oxygens (including phenoxy) is 1. The zero-order chi connectivity index (χ0) is 15.1. The number of hydrogen-bond donors (Lipinski definition) is 1. The van der Waals surface area contributed by atoms with E-state index in [2.05, 4.69) is 30.4 Å². The molecule has 1 atom stereocenters. The smallest absolute Gasteiger partial charge is 0.118 e. The van der Waals surface area contributed by atoms with Gasteiger partial charge in [-0.25, -0.2) is 0 Å². The molecule has 1 N–H and O–H groups in total. The Morgan fingerprint density at radius 2 is 1.95 bits per heavy atom. The van der Waals surface area contributed by atoms with Crippen molar-refractivity contribution in [3.8, 4) is 5.75 Å². The highest BCUT2D eigenvalue weighted by Gasteiger charge is 2.15. The first kappa shape index (κ1) is 15.6. The van der Waals surface area contributed by atoms with Gasteiger partial charge in [0.25, 0.3) is 0 Å². The highest BCUT2D eigenvalue weighted by atomic mass is 16.5. The molecule has 0 radical (unpaired) electrons. The molecule has 0 amide bonds. The zero-order valence-corrected chi connectivity index (χ0v) is 13.2. The maximum atomic E-state index is 5.45. The van der Waals surface area contributed by atoms with Crippen LogP contribution in [0.1, 0.15) is 42.7 Å². The lowest BCUT2D eigenvalue weighted by Gasteiger charge is -2.18. The van der Waals surface area contributed by atoms with Crippen molar-refractivity contribution in [2.24, 2.45) is 0 Å². The van der Waals surface area contributed by atoms with Crippen LogP contribution < -0.4 is 10.1 Å². The molecule has 3 nitrogen and oxygen atoms in total. The van der Waals surface area contributed by atoms with E-state index < -0.39 is 0 Å². The van der Waals surface area contributed by atoms with E-state index in [4.69, 9.17) is 9.15 Å². The van der Waals surface area contributed by atoms with Crippen LogP contribution in [0.4, 0.5) is 0 Å². The molecule has 0 aliphatic rings. The highest BCUT2D eigenvalue weighted by molar-refractivity contribution is 5.28. The molecule has 0 fully saturated rings. The van der Waals surface area contributed by atoms with E-state index in [1.807, 2.05) is 19.1 Å². The summed E-state index contributed by atoms with van der Waals surface area (Å²) in [5.41, 5.74) is 2.61. The van der Waals surface area contributed by atoms with Crippen LogP contribution in [0.2, 0.25) is 0 Å². The van der Waals surface area contributed by atoms with Gasteiger partial charge < -0.3 is 14.5 Å². The normalized spacial score (nSPS) is 12.3. The second kappa shape index (κ2) is 7.89. The maximum absolute atomic E-state index is 5.45. The van der Waals surface area contributed by atoms with Crippen LogP contribution in [0.3, 0.4) is 0 Å². The van der Waals surface area contributed by atoms with Crippen LogP contribution in [-0.4, -0.2) is 13.7 Å². The average molecular weight is 287 g/mol. The van der Waals surface area contributed by atoms with Gasteiger partial charge in [0.2, 0.25) is 0 Å². The first-order valence-electron chi connectivity index (χ1n) is 7.65. The summed E-state index contributed by atoms with van der Waals surface area (Å²) in [6, 6.07) is 10.7. The predicted molar refractivity (Wildman–Crippen MR) is 85.8 cm³/mol. The standard InChI is InChI=1S/C18H25NO2/c1-4-12-19-18(17-11-13-21-14(17)2)10-7-15-5-8-16(20-3)9-6-15/h5-6,8-9,11,13,18-19H,4,7,10,12H2,1-3H3. The third kappa shape index (κ3) is 4.36. The Hall–Kier alpha value is -1.74. The molecule has 0 bridgehead atoms. The fourth-order valence-electron chi connectivity index (χ4n) is 2.55. The average Bonchev–Trinajstić information content (AvgIpc) is 2.94. The van der Waals surface area contributed by atoms with E-state index in [0.717, 1.165) is 37.3 Å². The van der Waals surface area contributed by atoms with E-state index in [-0.39, 0.29) is 0 Å². The van der Waals surface area contributed by atoms with Crippen LogP contribution in [0.5, 0.6) is 5.75 Å². The summed E-state index contributed by atoms with van der Waals surface area (Å²) in [6.45, 7) is 5.25. The molecule has 2 aromatic rings. The minimum absolute atomic E-state index is 0.353. The molecule has 1 aromatic heterocycles. The fraction of sp³-hybridized carbons (Fsp3) is 0.444. The summed E-state index contributed by atoms with van der Waals surface area (Å²) < 4.78 is 10.6. The first-order chi connectivity index (χ1) is 10.2. The van der Waals surface area contributed by atoms with Gasteiger partial charge in [0.15, 0.2) is 0 Å². The van der Waals surface area contributed by atoms with Gasteiger partial charge in [-0.05, 0) is 56.5 Å². The van der Waals surface area contributed by atoms with E-state index >= 15 is 0 Å². The predicted octanol–water partition coefficient (Wildman–Crippen LogP) is 4.27. The largest absolute Gasteiger partial charge is 0.497 e. The van der Waals surface area contributed by atoms with Gasteiger partial charge in [-0.15, -0.1) is 0 Å². The number of nitrogens with one attached hydrogen (secondary N) is 1. The molecule has 21 heavy (non-hydrogen) atoms. The van der Waals surface area contributed by atoms with E-state index in [0.29, 0.717) is 6.04 Å². The summed E-state index contributed by atoms with van der Waals surface area (Å²) in [6.07, 6.45) is 5.01. The zero-order valence-electron chi connectivity index (χ0n) is 13.2. The van der Waals surface area contributed by atoms with Crippen LogP contribution in [0.25, 0.3) is 0 Å². The number of rotatable bonds is 8. The lowest BCUT2D eigenvalue weighted by atomic mass is 9.99. The summed E-state index contributed by atoms with van der Waals surface area (Å²) in [7, 11) is 1.70. The van der Waals surface area contributed by atoms with Crippen molar-refractivity contribution >= 4 is 0 Å². The fourth-order valence-corrected chi connectivity index (χ4v) is 2.55. The van der Waals surface area contributed by atoms with E-state index in [9.17, 15) is 0 Å². The molecule has 1 aromatic carbocycles. The monoisotopic (exact) mass is 287 g/mol. The van der Waals surface area contributed by atoms with Gasteiger partial charge in [-0.1, -0.05) is 19.1 Å².